The average Bonchev–Trinajstić information content (AvgIpc) is 3.20. The van der Waals surface area contributed by atoms with Crippen molar-refractivity contribution in [3.8, 4) is 0 Å². The second-order valence-corrected chi connectivity index (χ2v) is 6.40. The summed E-state index contributed by atoms with van der Waals surface area (Å²) < 4.78 is 28.3. The summed E-state index contributed by atoms with van der Waals surface area (Å²) in [7, 11) is 0. The van der Waals surface area contributed by atoms with Gasteiger partial charge in [0.1, 0.15) is 5.82 Å². The van der Waals surface area contributed by atoms with E-state index in [9.17, 15) is 13.6 Å². The average molecular weight is 357 g/mol. The number of nitrogens with one attached hydrogen (secondary N) is 2. The molecule has 2 N–H and O–H groups in total. The van der Waals surface area contributed by atoms with Crippen molar-refractivity contribution in [2.75, 3.05) is 11.9 Å². The fraction of sp³-hybridized carbons (Fsp3) is 0.278. The van der Waals surface area contributed by atoms with E-state index in [1.807, 2.05) is 40.9 Å². The predicted molar refractivity (Wildman–Crippen MR) is 92.2 cm³/mol. The molecule has 3 heterocycles. The van der Waals surface area contributed by atoms with E-state index in [0.29, 0.717) is 12.1 Å². The number of aromatic nitrogens is 3. The van der Waals surface area contributed by atoms with Crippen LogP contribution in [0, 0.1) is 0 Å². The molecule has 1 atom stereocenters. The first kappa shape index (κ1) is 16.6. The van der Waals surface area contributed by atoms with E-state index >= 15 is 0 Å². The Hall–Kier alpha value is -2.87. The lowest BCUT2D eigenvalue weighted by atomic mass is 10.1. The second kappa shape index (κ2) is 6.45. The zero-order valence-corrected chi connectivity index (χ0v) is 13.8. The molecule has 1 fully saturated rings. The molecule has 2 aromatic heterocycles. The maximum absolute atomic E-state index is 13.2. The van der Waals surface area contributed by atoms with Crippen molar-refractivity contribution in [2.45, 2.75) is 24.8 Å². The highest BCUT2D eigenvalue weighted by Crippen LogP contribution is 2.25. The number of anilines is 1. The van der Waals surface area contributed by atoms with E-state index in [4.69, 9.17) is 0 Å². The number of benzene rings is 1. The normalized spacial score (nSPS) is 18.9. The summed E-state index contributed by atoms with van der Waals surface area (Å²) in [5, 5.41) is 13.5. The van der Waals surface area contributed by atoms with Crippen LogP contribution < -0.4 is 10.6 Å². The van der Waals surface area contributed by atoms with Crippen LogP contribution in [-0.4, -0.2) is 39.0 Å². The summed E-state index contributed by atoms with van der Waals surface area (Å²) >= 11 is 0. The summed E-state index contributed by atoms with van der Waals surface area (Å²) in [4.78, 5) is 12.1. The monoisotopic (exact) mass is 357 g/mol. The molecule has 1 aromatic carbocycles. The quantitative estimate of drug-likeness (QED) is 0.751. The van der Waals surface area contributed by atoms with Crippen molar-refractivity contribution in [1.29, 1.82) is 0 Å². The highest BCUT2D eigenvalue weighted by atomic mass is 19.3. The number of rotatable bonds is 4. The Morgan fingerprint density at radius 3 is 2.77 bits per heavy atom. The molecule has 6 nitrogen and oxygen atoms in total. The topological polar surface area (TPSA) is 71.3 Å². The standard InChI is InChI=1S/C18H17F2N5O/c19-18(20)10-14(21-11-18)17(26)22-13-6-4-12(5-7-13)9-16-24-23-15-3-1-2-8-25(15)16/h1-8,14,21H,9-11H2,(H,22,26). The Balaban J connectivity index is 1.41. The van der Waals surface area contributed by atoms with Crippen molar-refractivity contribution in [3.05, 3.63) is 60.0 Å². The molecule has 26 heavy (non-hydrogen) atoms. The van der Waals surface area contributed by atoms with Gasteiger partial charge >= 0.3 is 0 Å². The number of alkyl halides is 2. The number of hydrogen-bond donors (Lipinski definition) is 2. The van der Waals surface area contributed by atoms with Gasteiger partial charge in [-0.15, -0.1) is 10.2 Å². The van der Waals surface area contributed by atoms with E-state index in [0.717, 1.165) is 17.0 Å². The minimum atomic E-state index is -2.83. The molecule has 8 heteroatoms. The Kier molecular flexibility index (Phi) is 4.12. The van der Waals surface area contributed by atoms with Gasteiger partial charge in [0.05, 0.1) is 12.6 Å². The Morgan fingerprint density at radius 1 is 1.23 bits per heavy atom. The van der Waals surface area contributed by atoms with Crippen molar-refractivity contribution in [2.24, 2.45) is 0 Å². The summed E-state index contributed by atoms with van der Waals surface area (Å²) in [5.41, 5.74) is 2.36. The second-order valence-electron chi connectivity index (χ2n) is 6.40. The highest BCUT2D eigenvalue weighted by molar-refractivity contribution is 5.95. The number of carbonyl (C=O) groups excluding carboxylic acids is 1. The number of amides is 1. The van der Waals surface area contributed by atoms with Gasteiger partial charge in [-0.1, -0.05) is 18.2 Å². The van der Waals surface area contributed by atoms with E-state index in [-0.39, 0.29) is 0 Å². The van der Waals surface area contributed by atoms with Crippen LogP contribution >= 0.6 is 0 Å². The van der Waals surface area contributed by atoms with Crippen LogP contribution in [0.15, 0.2) is 48.7 Å². The lowest BCUT2D eigenvalue weighted by Gasteiger charge is -2.11. The molecular formula is C18H17F2N5O. The van der Waals surface area contributed by atoms with Crippen LogP contribution in [0.1, 0.15) is 17.8 Å². The third-order valence-corrected chi connectivity index (χ3v) is 4.39. The van der Waals surface area contributed by atoms with Gasteiger partial charge in [-0.05, 0) is 29.8 Å². The SMILES string of the molecule is O=C(Nc1ccc(Cc2nnc3ccccn23)cc1)C1CC(F)(F)CN1. The maximum atomic E-state index is 13.2. The maximum Gasteiger partial charge on any atom is 0.262 e. The molecule has 0 radical (unpaired) electrons. The number of carbonyl (C=O) groups is 1. The van der Waals surface area contributed by atoms with E-state index in [1.54, 1.807) is 12.1 Å². The number of fused-ring (bicyclic) bond motifs is 1. The molecule has 1 aliphatic heterocycles. The van der Waals surface area contributed by atoms with Crippen LogP contribution in [0.25, 0.3) is 5.65 Å². The minimum Gasteiger partial charge on any atom is -0.325 e. The van der Waals surface area contributed by atoms with E-state index in [2.05, 4.69) is 20.8 Å². The molecule has 134 valence electrons. The minimum absolute atomic E-state index is 0.446. The zero-order chi connectivity index (χ0) is 18.1. The summed E-state index contributed by atoms with van der Waals surface area (Å²) in [6, 6.07) is 12.1. The molecule has 0 bridgehead atoms. The number of pyridine rings is 1. The fourth-order valence-corrected chi connectivity index (χ4v) is 3.03. The van der Waals surface area contributed by atoms with Gasteiger partial charge in [0.25, 0.3) is 5.92 Å². The van der Waals surface area contributed by atoms with Crippen LogP contribution in [0.2, 0.25) is 0 Å². The Bertz CT molecular complexity index is 938. The largest absolute Gasteiger partial charge is 0.325 e. The molecule has 0 spiro atoms. The summed E-state index contributed by atoms with van der Waals surface area (Å²) in [6.45, 7) is -0.462. The summed E-state index contributed by atoms with van der Waals surface area (Å²) in [5.74, 6) is -2.46. The highest BCUT2D eigenvalue weighted by Gasteiger charge is 2.42. The molecule has 3 aromatic rings. The first-order chi connectivity index (χ1) is 12.5. The van der Waals surface area contributed by atoms with Gasteiger partial charge in [-0.25, -0.2) is 8.78 Å². The first-order valence-corrected chi connectivity index (χ1v) is 8.30. The molecule has 1 amide bonds. The Labute approximate surface area is 148 Å². The van der Waals surface area contributed by atoms with E-state index < -0.39 is 30.8 Å². The molecule has 1 saturated heterocycles. The zero-order valence-electron chi connectivity index (χ0n) is 13.8. The molecule has 4 rings (SSSR count). The van der Waals surface area contributed by atoms with Gasteiger partial charge in [0.15, 0.2) is 5.65 Å². The van der Waals surface area contributed by atoms with Gasteiger partial charge in [0.2, 0.25) is 5.91 Å². The predicted octanol–water partition coefficient (Wildman–Crippen LogP) is 2.26. The van der Waals surface area contributed by atoms with Gasteiger partial charge in [0, 0.05) is 24.7 Å². The number of hydrogen-bond acceptors (Lipinski definition) is 4. The van der Waals surface area contributed by atoms with Crippen LogP contribution in [0.4, 0.5) is 14.5 Å². The smallest absolute Gasteiger partial charge is 0.262 e. The fourth-order valence-electron chi connectivity index (χ4n) is 3.03. The molecular weight excluding hydrogens is 340 g/mol. The molecule has 1 aliphatic rings. The number of halogens is 2. The molecule has 0 saturated carbocycles. The van der Waals surface area contributed by atoms with Gasteiger partial charge in [-0.3, -0.25) is 14.5 Å². The van der Waals surface area contributed by atoms with Crippen LogP contribution in [-0.2, 0) is 11.2 Å². The molecule has 1 unspecified atom stereocenters. The van der Waals surface area contributed by atoms with Crippen LogP contribution in [0.3, 0.4) is 0 Å². The lowest BCUT2D eigenvalue weighted by molar-refractivity contribution is -0.118. The summed E-state index contributed by atoms with van der Waals surface area (Å²) in [6.07, 6.45) is 2.02. The third-order valence-electron chi connectivity index (χ3n) is 4.39. The van der Waals surface area contributed by atoms with Gasteiger partial charge in [-0.2, -0.15) is 0 Å². The Morgan fingerprint density at radius 2 is 2.04 bits per heavy atom. The van der Waals surface area contributed by atoms with Crippen molar-refractivity contribution < 1.29 is 13.6 Å². The van der Waals surface area contributed by atoms with Crippen molar-refractivity contribution >= 4 is 17.2 Å². The van der Waals surface area contributed by atoms with Crippen LogP contribution in [0.5, 0.6) is 0 Å². The third kappa shape index (κ3) is 3.41. The van der Waals surface area contributed by atoms with E-state index in [1.165, 1.54) is 0 Å². The number of nitrogens with zero attached hydrogens (tertiary/aromatic N) is 3. The van der Waals surface area contributed by atoms with Crippen molar-refractivity contribution in [3.63, 3.8) is 0 Å². The lowest BCUT2D eigenvalue weighted by Crippen LogP contribution is -2.35. The van der Waals surface area contributed by atoms with Crippen molar-refractivity contribution in [1.82, 2.24) is 19.9 Å². The first-order valence-electron chi connectivity index (χ1n) is 8.30. The molecule has 0 aliphatic carbocycles. The van der Waals surface area contributed by atoms with Gasteiger partial charge < -0.3 is 5.32 Å².